The number of hydrogen-bond donors (Lipinski definition) is 1. The molecule has 0 aliphatic carbocycles. The normalized spacial score (nSPS) is 21.3. The maximum absolute atomic E-state index is 12.8. The highest BCUT2D eigenvalue weighted by atomic mass is 32.2. The molecule has 8 heteroatoms. The van der Waals surface area contributed by atoms with Crippen LogP contribution in [-0.2, 0) is 15.4 Å². The number of nitrogens with one attached hydrogen (secondary N) is 1. The van der Waals surface area contributed by atoms with Crippen molar-refractivity contribution in [2.24, 2.45) is 0 Å². The molecule has 2 aliphatic heterocycles. The summed E-state index contributed by atoms with van der Waals surface area (Å²) in [6.07, 6.45) is 0.494. The number of nitrogens with zero attached hydrogens (tertiary/aromatic N) is 1. The van der Waals surface area contributed by atoms with Gasteiger partial charge in [0.2, 0.25) is 0 Å². The van der Waals surface area contributed by atoms with Crippen molar-refractivity contribution in [2.45, 2.75) is 38.8 Å². The fourth-order valence-electron chi connectivity index (χ4n) is 3.43. The van der Waals surface area contributed by atoms with Gasteiger partial charge in [-0.3, -0.25) is 0 Å². The van der Waals surface area contributed by atoms with Crippen LogP contribution < -0.4 is 14.8 Å². The SMILES string of the molecule is CCN(C(=O)NC(C)(C)c1ccc2c(c1)OCCO2)C1CCS(=O)(=O)C1. The van der Waals surface area contributed by atoms with Crippen molar-refractivity contribution in [3.05, 3.63) is 23.8 Å². The number of urea groups is 1. The van der Waals surface area contributed by atoms with Crippen LogP contribution in [0.3, 0.4) is 0 Å². The van der Waals surface area contributed by atoms with Crippen LogP contribution in [0.15, 0.2) is 18.2 Å². The number of sulfone groups is 1. The molecule has 1 saturated heterocycles. The van der Waals surface area contributed by atoms with Crippen LogP contribution in [0, 0.1) is 0 Å². The van der Waals surface area contributed by atoms with Crippen molar-refractivity contribution in [1.82, 2.24) is 10.2 Å². The smallest absolute Gasteiger partial charge is 0.318 e. The summed E-state index contributed by atoms with van der Waals surface area (Å²) in [6.45, 7) is 7.18. The number of benzene rings is 1. The molecule has 0 bridgehead atoms. The first-order valence-electron chi connectivity index (χ1n) is 8.91. The Balaban J connectivity index is 1.74. The lowest BCUT2D eigenvalue weighted by molar-refractivity contribution is 0.168. The highest BCUT2D eigenvalue weighted by Crippen LogP contribution is 2.34. The van der Waals surface area contributed by atoms with Gasteiger partial charge in [-0.25, -0.2) is 13.2 Å². The lowest BCUT2D eigenvalue weighted by Crippen LogP contribution is -2.52. The molecule has 0 saturated carbocycles. The van der Waals surface area contributed by atoms with Crippen molar-refractivity contribution in [3.63, 3.8) is 0 Å². The van der Waals surface area contributed by atoms with E-state index in [1.807, 2.05) is 39.0 Å². The summed E-state index contributed by atoms with van der Waals surface area (Å²) in [7, 11) is -3.04. The largest absolute Gasteiger partial charge is 0.486 e. The van der Waals surface area contributed by atoms with Crippen LogP contribution >= 0.6 is 0 Å². The minimum atomic E-state index is -3.04. The molecule has 7 nitrogen and oxygen atoms in total. The Bertz CT molecular complexity index is 791. The van der Waals surface area contributed by atoms with E-state index in [2.05, 4.69) is 5.32 Å². The highest BCUT2D eigenvalue weighted by molar-refractivity contribution is 7.91. The fourth-order valence-corrected chi connectivity index (χ4v) is 5.16. The molecule has 1 N–H and O–H groups in total. The summed E-state index contributed by atoms with van der Waals surface area (Å²) in [5, 5.41) is 3.03. The lowest BCUT2D eigenvalue weighted by atomic mass is 9.94. The number of hydrogen-bond acceptors (Lipinski definition) is 5. The van der Waals surface area contributed by atoms with E-state index in [4.69, 9.17) is 9.47 Å². The Morgan fingerprint density at radius 1 is 1.27 bits per heavy atom. The van der Waals surface area contributed by atoms with Crippen LogP contribution in [0.2, 0.25) is 0 Å². The lowest BCUT2D eigenvalue weighted by Gasteiger charge is -2.34. The van der Waals surface area contributed by atoms with Crippen molar-refractivity contribution in [2.75, 3.05) is 31.3 Å². The molecular weight excluding hydrogens is 356 g/mol. The summed E-state index contributed by atoms with van der Waals surface area (Å²) in [4.78, 5) is 14.4. The maximum atomic E-state index is 12.8. The number of carbonyl (C=O) groups is 1. The molecule has 2 amide bonds. The Morgan fingerprint density at radius 2 is 1.96 bits per heavy atom. The summed E-state index contributed by atoms with van der Waals surface area (Å²) >= 11 is 0. The van der Waals surface area contributed by atoms with Gasteiger partial charge in [0.15, 0.2) is 21.3 Å². The van der Waals surface area contributed by atoms with Crippen LogP contribution in [-0.4, -0.2) is 56.7 Å². The number of ether oxygens (including phenoxy) is 2. The van der Waals surface area contributed by atoms with Crippen molar-refractivity contribution >= 4 is 15.9 Å². The molecule has 1 aromatic rings. The molecular formula is C18H26N2O5S. The second kappa shape index (κ2) is 6.98. The Labute approximate surface area is 154 Å². The summed E-state index contributed by atoms with van der Waals surface area (Å²) in [5.41, 5.74) is 0.253. The molecule has 26 heavy (non-hydrogen) atoms. The van der Waals surface area contributed by atoms with Gasteiger partial charge in [-0.2, -0.15) is 0 Å². The van der Waals surface area contributed by atoms with E-state index in [0.29, 0.717) is 37.7 Å². The predicted molar refractivity (Wildman–Crippen MR) is 98.4 cm³/mol. The van der Waals surface area contributed by atoms with E-state index in [9.17, 15) is 13.2 Å². The average Bonchev–Trinajstić information content (AvgIpc) is 2.94. The third kappa shape index (κ3) is 3.90. The number of fused-ring (bicyclic) bond motifs is 1. The van der Waals surface area contributed by atoms with Gasteiger partial charge in [0.25, 0.3) is 0 Å². The zero-order valence-electron chi connectivity index (χ0n) is 15.4. The predicted octanol–water partition coefficient (Wildman–Crippen LogP) is 1.91. The molecule has 3 rings (SSSR count). The van der Waals surface area contributed by atoms with E-state index in [-0.39, 0.29) is 23.6 Å². The number of carbonyl (C=O) groups excluding carboxylic acids is 1. The maximum Gasteiger partial charge on any atom is 0.318 e. The average molecular weight is 382 g/mol. The molecule has 144 valence electrons. The Hall–Kier alpha value is -1.96. The number of amides is 2. The highest BCUT2D eigenvalue weighted by Gasteiger charge is 2.35. The van der Waals surface area contributed by atoms with Crippen molar-refractivity contribution in [3.8, 4) is 11.5 Å². The first kappa shape index (κ1) is 18.8. The van der Waals surface area contributed by atoms with Crippen LogP contribution in [0.1, 0.15) is 32.8 Å². The van der Waals surface area contributed by atoms with Crippen LogP contribution in [0.5, 0.6) is 11.5 Å². The standard InChI is InChI=1S/C18H26N2O5S/c1-4-20(14-7-10-26(22,23)12-14)17(21)19-18(2,3)13-5-6-15-16(11-13)25-9-8-24-15/h5-6,11,14H,4,7-10,12H2,1-3H3,(H,19,21). The molecule has 2 aliphatic rings. The zero-order valence-corrected chi connectivity index (χ0v) is 16.3. The third-order valence-electron chi connectivity index (χ3n) is 4.93. The Morgan fingerprint density at radius 3 is 2.58 bits per heavy atom. The second-order valence-corrected chi connectivity index (χ2v) is 9.49. The first-order valence-corrected chi connectivity index (χ1v) is 10.7. The third-order valence-corrected chi connectivity index (χ3v) is 6.68. The molecule has 0 spiro atoms. The molecule has 0 aromatic heterocycles. The summed E-state index contributed by atoms with van der Waals surface area (Å²) < 4.78 is 34.6. The van der Waals surface area contributed by atoms with Gasteiger partial charge in [0.1, 0.15) is 13.2 Å². The molecule has 1 unspecified atom stereocenters. The minimum absolute atomic E-state index is 0.0404. The van der Waals surface area contributed by atoms with E-state index < -0.39 is 15.4 Å². The quantitative estimate of drug-likeness (QED) is 0.860. The summed E-state index contributed by atoms with van der Waals surface area (Å²) in [6, 6.07) is 5.11. The molecule has 0 radical (unpaired) electrons. The monoisotopic (exact) mass is 382 g/mol. The van der Waals surface area contributed by atoms with Gasteiger partial charge in [-0.05, 0) is 44.9 Å². The second-order valence-electron chi connectivity index (χ2n) is 7.26. The minimum Gasteiger partial charge on any atom is -0.486 e. The van der Waals surface area contributed by atoms with Crippen molar-refractivity contribution in [1.29, 1.82) is 0 Å². The Kier molecular flexibility index (Phi) is 5.05. The zero-order chi connectivity index (χ0) is 18.9. The van der Waals surface area contributed by atoms with Gasteiger partial charge < -0.3 is 19.7 Å². The van der Waals surface area contributed by atoms with Crippen LogP contribution in [0.4, 0.5) is 4.79 Å². The van der Waals surface area contributed by atoms with E-state index in [1.54, 1.807) is 4.90 Å². The molecule has 1 aromatic carbocycles. The van der Waals surface area contributed by atoms with Gasteiger partial charge in [0, 0.05) is 12.6 Å². The molecule has 2 heterocycles. The first-order chi connectivity index (χ1) is 12.2. The van der Waals surface area contributed by atoms with Crippen LogP contribution in [0.25, 0.3) is 0 Å². The van der Waals surface area contributed by atoms with Gasteiger partial charge in [-0.15, -0.1) is 0 Å². The van der Waals surface area contributed by atoms with E-state index >= 15 is 0 Å². The molecule has 1 fully saturated rings. The van der Waals surface area contributed by atoms with Gasteiger partial charge >= 0.3 is 6.03 Å². The van der Waals surface area contributed by atoms with E-state index in [1.165, 1.54) is 0 Å². The summed E-state index contributed by atoms with van der Waals surface area (Å²) in [5.74, 6) is 1.56. The number of rotatable bonds is 4. The van der Waals surface area contributed by atoms with Crippen molar-refractivity contribution < 1.29 is 22.7 Å². The van der Waals surface area contributed by atoms with Gasteiger partial charge in [-0.1, -0.05) is 6.07 Å². The topological polar surface area (TPSA) is 84.9 Å². The van der Waals surface area contributed by atoms with Gasteiger partial charge in [0.05, 0.1) is 17.0 Å². The fraction of sp³-hybridized carbons (Fsp3) is 0.611. The van der Waals surface area contributed by atoms with E-state index in [0.717, 1.165) is 5.56 Å². The molecule has 1 atom stereocenters.